The minimum absolute atomic E-state index is 0.0614. The number of amides is 1. The molecule has 14 heteroatoms. The number of anilines is 1. The zero-order chi connectivity index (χ0) is 37.2. The van der Waals surface area contributed by atoms with Crippen LogP contribution in [0.4, 0.5) is 27.6 Å². The minimum Gasteiger partial charge on any atom is -0.488 e. The predicted molar refractivity (Wildman–Crippen MR) is 184 cm³/mol. The molecule has 0 bridgehead atoms. The number of pyridine rings is 1. The lowest BCUT2D eigenvalue weighted by Crippen LogP contribution is -2.59. The van der Waals surface area contributed by atoms with Gasteiger partial charge in [0.25, 0.3) is 0 Å². The molecule has 276 valence electrons. The average Bonchev–Trinajstić information content (AvgIpc) is 3.12. The summed E-state index contributed by atoms with van der Waals surface area (Å²) >= 11 is 0. The quantitative estimate of drug-likeness (QED) is 0.0852. The number of halogens is 5. The molecule has 4 aromatic rings. The maximum absolute atomic E-state index is 14.7. The molecule has 2 heterocycles. The maximum Gasteiger partial charge on any atom is 0.249 e. The van der Waals surface area contributed by atoms with Crippen molar-refractivity contribution in [2.45, 2.75) is 75.1 Å². The van der Waals surface area contributed by atoms with Gasteiger partial charge in [-0.3, -0.25) is 9.78 Å². The van der Waals surface area contributed by atoms with E-state index in [0.717, 1.165) is 42.4 Å². The Morgan fingerprint density at radius 3 is 2.12 bits per heavy atom. The van der Waals surface area contributed by atoms with Crippen molar-refractivity contribution >= 4 is 21.6 Å². The predicted octanol–water partition coefficient (Wildman–Crippen LogP) is 7.46. The molecule has 1 aromatic heterocycles. The normalized spacial score (nSPS) is 16.9. The Hall–Kier alpha value is -4.40. The molecule has 0 spiro atoms. The third-order valence-electron chi connectivity index (χ3n) is 9.59. The lowest BCUT2D eigenvalue weighted by atomic mass is 9.85. The zero-order valence-corrected chi connectivity index (χ0v) is 29.6. The lowest BCUT2D eigenvalue weighted by molar-refractivity contribution is -0.125. The minimum atomic E-state index is -5.35. The molecule has 1 saturated heterocycles. The fourth-order valence-electron chi connectivity index (χ4n) is 6.72. The van der Waals surface area contributed by atoms with Crippen molar-refractivity contribution in [3.05, 3.63) is 118 Å². The van der Waals surface area contributed by atoms with E-state index in [4.69, 9.17) is 4.74 Å². The van der Waals surface area contributed by atoms with Crippen molar-refractivity contribution in [3.63, 3.8) is 0 Å². The Bertz CT molecular complexity index is 2000. The summed E-state index contributed by atoms with van der Waals surface area (Å²) < 4.78 is 105. The molecule has 1 aliphatic heterocycles. The van der Waals surface area contributed by atoms with Gasteiger partial charge in [0.15, 0.2) is 28.2 Å². The van der Waals surface area contributed by atoms with E-state index < -0.39 is 56.0 Å². The highest BCUT2D eigenvalue weighted by molar-refractivity contribution is 7.89. The number of benzene rings is 3. The van der Waals surface area contributed by atoms with E-state index in [2.05, 4.69) is 4.98 Å². The molecule has 6 rings (SSSR count). The fourth-order valence-corrected chi connectivity index (χ4v) is 8.47. The molecule has 52 heavy (non-hydrogen) atoms. The van der Waals surface area contributed by atoms with E-state index in [-0.39, 0.29) is 26.1 Å². The van der Waals surface area contributed by atoms with Crippen LogP contribution in [0.1, 0.15) is 66.8 Å². The number of nitrogens with zero attached hydrogens (tertiary/aromatic N) is 4. The average molecular weight is 743 g/mol. The van der Waals surface area contributed by atoms with Crippen LogP contribution in [0.3, 0.4) is 0 Å². The van der Waals surface area contributed by atoms with Gasteiger partial charge < -0.3 is 14.5 Å². The second kappa shape index (κ2) is 15.7. The van der Waals surface area contributed by atoms with Gasteiger partial charge >= 0.3 is 0 Å². The maximum atomic E-state index is 14.7. The second-order valence-corrected chi connectivity index (χ2v) is 15.3. The summed E-state index contributed by atoms with van der Waals surface area (Å²) in [5.41, 5.74) is 3.62. The summed E-state index contributed by atoms with van der Waals surface area (Å²) in [6.45, 7) is 0.230. The van der Waals surface area contributed by atoms with Crippen LogP contribution in [0.15, 0.2) is 71.8 Å². The van der Waals surface area contributed by atoms with Gasteiger partial charge in [0, 0.05) is 36.6 Å². The van der Waals surface area contributed by atoms with Crippen LogP contribution in [-0.4, -0.2) is 55.2 Å². The van der Waals surface area contributed by atoms with Crippen molar-refractivity contribution in [3.8, 4) is 5.75 Å². The Balaban J connectivity index is 1.36. The second-order valence-electron chi connectivity index (χ2n) is 13.5. The number of aromatic nitrogens is 1. The first-order valence-corrected chi connectivity index (χ1v) is 18.5. The van der Waals surface area contributed by atoms with Crippen LogP contribution in [0, 0.1) is 29.1 Å². The molecule has 0 unspecified atom stereocenters. The summed E-state index contributed by atoms with van der Waals surface area (Å²) in [5, 5.41) is 0. The van der Waals surface area contributed by atoms with E-state index >= 15 is 0 Å². The van der Waals surface area contributed by atoms with Crippen molar-refractivity contribution in [1.82, 2.24) is 14.2 Å². The number of carbonyl (C=O) groups is 1. The summed E-state index contributed by atoms with van der Waals surface area (Å²) in [6, 6.07) is 16.9. The molecule has 8 nitrogen and oxygen atoms in total. The van der Waals surface area contributed by atoms with Crippen LogP contribution in [-0.2, 0) is 34.5 Å². The third kappa shape index (κ3) is 7.69. The van der Waals surface area contributed by atoms with Crippen LogP contribution in [0.2, 0.25) is 0 Å². The first-order valence-electron chi connectivity index (χ1n) is 17.1. The van der Waals surface area contributed by atoms with E-state index in [1.54, 1.807) is 24.4 Å². The number of carbonyl (C=O) groups excluding carboxylic acids is 1. The van der Waals surface area contributed by atoms with Gasteiger partial charge in [0.05, 0.1) is 12.2 Å². The van der Waals surface area contributed by atoms with Crippen LogP contribution < -0.4 is 9.64 Å². The molecule has 2 aliphatic rings. The molecule has 1 saturated carbocycles. The van der Waals surface area contributed by atoms with Crippen molar-refractivity contribution in [2.24, 2.45) is 0 Å². The topological polar surface area (TPSA) is 83.0 Å². The highest BCUT2D eigenvalue weighted by Gasteiger charge is 2.48. The number of hydrogen-bond donors (Lipinski definition) is 0. The smallest absolute Gasteiger partial charge is 0.249 e. The van der Waals surface area contributed by atoms with Crippen LogP contribution in [0.25, 0.3) is 0 Å². The van der Waals surface area contributed by atoms with Crippen molar-refractivity contribution in [2.75, 3.05) is 25.5 Å². The van der Waals surface area contributed by atoms with Crippen LogP contribution >= 0.6 is 0 Å². The van der Waals surface area contributed by atoms with Crippen LogP contribution in [0.5, 0.6) is 5.75 Å². The highest BCUT2D eigenvalue weighted by Crippen LogP contribution is 2.37. The Labute approximate surface area is 299 Å². The third-order valence-corrected chi connectivity index (χ3v) is 11.5. The summed E-state index contributed by atoms with van der Waals surface area (Å²) in [6.07, 6.45) is 7.32. The number of ether oxygens (including phenoxy) is 1. The zero-order valence-electron chi connectivity index (χ0n) is 28.8. The van der Waals surface area contributed by atoms with E-state index in [1.807, 2.05) is 61.5 Å². The Kier molecular flexibility index (Phi) is 11.3. The molecule has 1 atom stereocenters. The van der Waals surface area contributed by atoms with Gasteiger partial charge in [0.2, 0.25) is 21.7 Å². The van der Waals surface area contributed by atoms with Gasteiger partial charge in [-0.25, -0.2) is 30.4 Å². The molecule has 2 fully saturated rings. The highest BCUT2D eigenvalue weighted by atomic mass is 32.2. The number of hydrogen-bond acceptors (Lipinski definition) is 6. The van der Waals surface area contributed by atoms with Crippen molar-refractivity contribution in [1.29, 1.82) is 0 Å². The summed E-state index contributed by atoms with van der Waals surface area (Å²) in [5.74, 6) is -12.2. The van der Waals surface area contributed by atoms with Crippen molar-refractivity contribution < 1.29 is 39.9 Å². The van der Waals surface area contributed by atoms with Gasteiger partial charge in [-0.05, 0) is 62.5 Å². The number of sulfonamides is 1. The van der Waals surface area contributed by atoms with Gasteiger partial charge in [0.1, 0.15) is 18.4 Å². The van der Waals surface area contributed by atoms with Gasteiger partial charge in [-0.2, -0.15) is 4.31 Å². The molecular formula is C38H39F5N4O4S. The largest absolute Gasteiger partial charge is 0.488 e. The first-order chi connectivity index (χ1) is 24.9. The molecule has 1 aliphatic carbocycles. The molecule has 1 amide bonds. The Morgan fingerprint density at radius 2 is 1.52 bits per heavy atom. The van der Waals surface area contributed by atoms with E-state index in [9.17, 15) is 35.2 Å². The van der Waals surface area contributed by atoms with Gasteiger partial charge in [-0.15, -0.1) is 0 Å². The standard InChI is InChI=1S/C38H39F5N4O4S/c1-45(2)21-27-14-16-29(19-31(27)51-23-24-9-5-3-6-10-24)46(22-28-15-13-26(20-44-28)25-11-7-4-8-12-25)38(48)30-17-18-47(30)52(49,50)37-35(42)33(40)32(39)34(41)36(37)43/h3,5-6,9-10,13-16,19-20,25,30H,4,7-8,11-12,17-18,21-23H2,1-2H3/t30-/m1/s1. The summed E-state index contributed by atoms with van der Waals surface area (Å²) in [4.78, 5) is 20.3. The summed E-state index contributed by atoms with van der Waals surface area (Å²) in [7, 11) is -1.57. The molecule has 0 N–H and O–H groups in total. The van der Waals surface area contributed by atoms with E-state index in [0.29, 0.717) is 33.9 Å². The lowest BCUT2D eigenvalue weighted by Gasteiger charge is -2.41. The van der Waals surface area contributed by atoms with E-state index in [1.165, 1.54) is 11.3 Å². The molecular weight excluding hydrogens is 703 g/mol. The van der Waals surface area contributed by atoms with Gasteiger partial charge in [-0.1, -0.05) is 61.7 Å². The fraction of sp³-hybridized carbons (Fsp3) is 0.368. The molecule has 0 radical (unpaired) electrons. The number of rotatable bonds is 12. The monoisotopic (exact) mass is 742 g/mol. The molecule has 3 aromatic carbocycles. The first kappa shape index (κ1) is 37.4. The SMILES string of the molecule is CN(C)Cc1ccc(N(Cc2ccc(C3CCCCC3)cn2)C(=O)[C@H]2CCN2S(=O)(=O)c2c(F)c(F)c(F)c(F)c2F)cc1OCc1ccccc1. The Morgan fingerprint density at radius 1 is 0.846 bits per heavy atom.